The molecule has 0 aliphatic heterocycles. The first-order valence-electron chi connectivity index (χ1n) is 7.25. The molecule has 1 aliphatic carbocycles. The van der Waals surface area contributed by atoms with Gasteiger partial charge in [0.05, 0.1) is 4.92 Å². The van der Waals surface area contributed by atoms with Crippen LogP contribution in [0.3, 0.4) is 0 Å². The van der Waals surface area contributed by atoms with Crippen molar-refractivity contribution < 1.29 is 9.72 Å². The molecular formula is C15H21N3O3. The fraction of sp³-hybridized carbons (Fsp3) is 0.533. The lowest BCUT2D eigenvalue weighted by molar-refractivity contribution is -0.384. The summed E-state index contributed by atoms with van der Waals surface area (Å²) in [4.78, 5) is 24.8. The van der Waals surface area contributed by atoms with Crippen molar-refractivity contribution in [3.63, 3.8) is 0 Å². The van der Waals surface area contributed by atoms with Gasteiger partial charge in [-0.1, -0.05) is 0 Å². The van der Waals surface area contributed by atoms with Gasteiger partial charge in [-0.2, -0.15) is 0 Å². The number of nitrogens with one attached hydrogen (secondary N) is 1. The molecule has 0 radical (unpaired) electrons. The van der Waals surface area contributed by atoms with Gasteiger partial charge in [-0.25, -0.2) is 0 Å². The van der Waals surface area contributed by atoms with Crippen LogP contribution < -0.4 is 5.32 Å². The van der Waals surface area contributed by atoms with Gasteiger partial charge in [0.25, 0.3) is 11.6 Å². The van der Waals surface area contributed by atoms with Crippen molar-refractivity contribution in [3.05, 3.63) is 33.9 Å². The molecule has 1 fully saturated rings. The molecule has 1 amide bonds. The summed E-state index contributed by atoms with van der Waals surface area (Å²) in [5.74, 6) is 0.399. The molecular weight excluding hydrogens is 270 g/mol. The smallest absolute Gasteiger partial charge is 0.293 e. The summed E-state index contributed by atoms with van der Waals surface area (Å²) in [6.07, 6.45) is 2.30. The van der Waals surface area contributed by atoms with E-state index in [2.05, 4.69) is 5.32 Å². The zero-order chi connectivity index (χ0) is 15.6. The molecule has 0 saturated heterocycles. The van der Waals surface area contributed by atoms with Crippen LogP contribution in [0.5, 0.6) is 0 Å². The molecule has 0 aromatic heterocycles. The Hall–Kier alpha value is -2.11. The van der Waals surface area contributed by atoms with Crippen LogP contribution in [0, 0.1) is 16.0 Å². The summed E-state index contributed by atoms with van der Waals surface area (Å²) < 4.78 is 0. The standard InChI is InChI=1S/C15H21N3O3/c1-4-16-13-8-7-12(9-14(13)18(20)21)15(19)17(3)10(2)11-5-6-11/h7-11,16H,4-6H2,1-3H3. The second-order valence-electron chi connectivity index (χ2n) is 5.51. The number of amides is 1. The monoisotopic (exact) mass is 291 g/mol. The van der Waals surface area contributed by atoms with Crippen LogP contribution in [0.2, 0.25) is 0 Å². The fourth-order valence-electron chi connectivity index (χ4n) is 2.44. The number of hydrogen-bond donors (Lipinski definition) is 1. The second kappa shape index (κ2) is 6.11. The van der Waals surface area contributed by atoms with Gasteiger partial charge < -0.3 is 10.2 Å². The minimum atomic E-state index is -0.459. The van der Waals surface area contributed by atoms with Crippen LogP contribution >= 0.6 is 0 Å². The Bertz CT molecular complexity index is 555. The van der Waals surface area contributed by atoms with Crippen molar-refractivity contribution in [2.45, 2.75) is 32.7 Å². The highest BCUT2D eigenvalue weighted by atomic mass is 16.6. The van der Waals surface area contributed by atoms with Crippen molar-refractivity contribution in [1.29, 1.82) is 0 Å². The first-order chi connectivity index (χ1) is 9.95. The number of nitro groups is 1. The highest BCUT2D eigenvalue weighted by Crippen LogP contribution is 2.35. The van der Waals surface area contributed by atoms with E-state index >= 15 is 0 Å². The number of rotatable bonds is 6. The van der Waals surface area contributed by atoms with E-state index in [1.54, 1.807) is 24.1 Å². The van der Waals surface area contributed by atoms with Gasteiger partial charge in [-0.3, -0.25) is 14.9 Å². The minimum Gasteiger partial charge on any atom is -0.380 e. The summed E-state index contributed by atoms with van der Waals surface area (Å²) >= 11 is 0. The summed E-state index contributed by atoms with van der Waals surface area (Å²) in [7, 11) is 1.76. The Kier molecular flexibility index (Phi) is 4.45. The Morgan fingerprint density at radius 2 is 2.19 bits per heavy atom. The average molecular weight is 291 g/mol. The zero-order valence-electron chi connectivity index (χ0n) is 12.6. The van der Waals surface area contributed by atoms with Crippen LogP contribution in [0.15, 0.2) is 18.2 Å². The number of carbonyl (C=O) groups excluding carboxylic acids is 1. The van der Waals surface area contributed by atoms with Gasteiger partial charge in [0.1, 0.15) is 5.69 Å². The quantitative estimate of drug-likeness (QED) is 0.646. The third-order valence-corrected chi connectivity index (χ3v) is 4.04. The molecule has 1 N–H and O–H groups in total. The van der Waals surface area contributed by atoms with Gasteiger partial charge in [-0.05, 0) is 44.7 Å². The number of benzene rings is 1. The molecule has 2 rings (SSSR count). The van der Waals surface area contributed by atoms with Crippen molar-refractivity contribution >= 4 is 17.3 Å². The van der Waals surface area contributed by atoms with E-state index < -0.39 is 4.92 Å². The van der Waals surface area contributed by atoms with Crippen molar-refractivity contribution in [3.8, 4) is 0 Å². The molecule has 114 valence electrons. The fourth-order valence-corrected chi connectivity index (χ4v) is 2.44. The highest BCUT2D eigenvalue weighted by Gasteiger charge is 2.33. The maximum Gasteiger partial charge on any atom is 0.293 e. The third-order valence-electron chi connectivity index (χ3n) is 4.04. The van der Waals surface area contributed by atoms with E-state index in [9.17, 15) is 14.9 Å². The molecule has 6 heteroatoms. The summed E-state index contributed by atoms with van der Waals surface area (Å²) in [5.41, 5.74) is 0.741. The molecule has 1 unspecified atom stereocenters. The predicted molar refractivity (Wildman–Crippen MR) is 81.5 cm³/mol. The van der Waals surface area contributed by atoms with E-state index in [4.69, 9.17) is 0 Å². The summed E-state index contributed by atoms with van der Waals surface area (Å²) in [6, 6.07) is 4.77. The SMILES string of the molecule is CCNc1ccc(C(=O)N(C)C(C)C2CC2)cc1[N+](=O)[O-]. The van der Waals surface area contributed by atoms with Crippen LogP contribution in [0.1, 0.15) is 37.0 Å². The molecule has 0 heterocycles. The van der Waals surface area contributed by atoms with Crippen molar-refractivity contribution in [2.75, 3.05) is 18.9 Å². The predicted octanol–water partition coefficient (Wildman–Crippen LogP) is 2.90. The van der Waals surface area contributed by atoms with Gasteiger partial charge in [0.15, 0.2) is 0 Å². The van der Waals surface area contributed by atoms with E-state index in [0.717, 1.165) is 12.8 Å². The van der Waals surface area contributed by atoms with Crippen molar-refractivity contribution in [2.24, 2.45) is 5.92 Å². The molecule has 1 aliphatic rings. The van der Waals surface area contributed by atoms with E-state index in [1.165, 1.54) is 6.07 Å². The lowest BCUT2D eigenvalue weighted by atomic mass is 10.1. The molecule has 6 nitrogen and oxygen atoms in total. The number of anilines is 1. The Morgan fingerprint density at radius 3 is 2.71 bits per heavy atom. The van der Waals surface area contributed by atoms with Gasteiger partial charge in [0, 0.05) is 31.3 Å². The normalized spacial score (nSPS) is 15.4. The van der Waals surface area contributed by atoms with E-state index in [1.807, 2.05) is 13.8 Å². The topological polar surface area (TPSA) is 75.5 Å². The molecule has 1 aromatic carbocycles. The maximum absolute atomic E-state index is 12.4. The van der Waals surface area contributed by atoms with Gasteiger partial charge in [-0.15, -0.1) is 0 Å². The number of nitro benzene ring substituents is 1. The van der Waals surface area contributed by atoms with E-state index in [-0.39, 0.29) is 17.6 Å². The maximum atomic E-state index is 12.4. The van der Waals surface area contributed by atoms with Gasteiger partial charge in [0.2, 0.25) is 0 Å². The lowest BCUT2D eigenvalue weighted by Crippen LogP contribution is -2.36. The largest absolute Gasteiger partial charge is 0.380 e. The molecule has 0 bridgehead atoms. The summed E-state index contributed by atoms with van der Waals surface area (Å²) in [6.45, 7) is 4.48. The highest BCUT2D eigenvalue weighted by molar-refractivity contribution is 5.95. The van der Waals surface area contributed by atoms with Crippen LogP contribution in [-0.2, 0) is 0 Å². The summed E-state index contributed by atoms with van der Waals surface area (Å²) in [5, 5.41) is 14.1. The first-order valence-corrected chi connectivity index (χ1v) is 7.25. The average Bonchev–Trinajstić information content (AvgIpc) is 3.30. The number of nitrogens with zero attached hydrogens (tertiary/aromatic N) is 2. The molecule has 21 heavy (non-hydrogen) atoms. The third kappa shape index (κ3) is 3.32. The first kappa shape index (κ1) is 15.3. The van der Waals surface area contributed by atoms with Crippen LogP contribution in [-0.4, -0.2) is 35.4 Å². The molecule has 1 atom stereocenters. The van der Waals surface area contributed by atoms with Crippen LogP contribution in [0.25, 0.3) is 0 Å². The lowest BCUT2D eigenvalue weighted by Gasteiger charge is -2.25. The molecule has 1 saturated carbocycles. The Balaban J connectivity index is 2.24. The van der Waals surface area contributed by atoms with Gasteiger partial charge >= 0.3 is 0 Å². The zero-order valence-corrected chi connectivity index (χ0v) is 12.6. The molecule has 0 spiro atoms. The minimum absolute atomic E-state index is 0.0600. The second-order valence-corrected chi connectivity index (χ2v) is 5.51. The Labute approximate surface area is 124 Å². The van der Waals surface area contributed by atoms with E-state index in [0.29, 0.717) is 23.7 Å². The molecule has 1 aromatic rings. The van der Waals surface area contributed by atoms with Crippen molar-refractivity contribution in [1.82, 2.24) is 4.90 Å². The number of hydrogen-bond acceptors (Lipinski definition) is 4. The Morgan fingerprint density at radius 1 is 1.52 bits per heavy atom. The van der Waals surface area contributed by atoms with Crippen LogP contribution in [0.4, 0.5) is 11.4 Å². The number of carbonyl (C=O) groups is 1.